The molecule has 0 atom stereocenters. The highest BCUT2D eigenvalue weighted by atomic mass is 16.5. The number of hydrogen-bond donors (Lipinski definition) is 0. The summed E-state index contributed by atoms with van der Waals surface area (Å²) in [7, 11) is 1.37. The molecule has 0 unspecified atom stereocenters. The fourth-order valence-electron chi connectivity index (χ4n) is 3.15. The molecule has 0 saturated carbocycles. The molecule has 0 aliphatic carbocycles. The van der Waals surface area contributed by atoms with Gasteiger partial charge in [0.25, 0.3) is 0 Å². The highest BCUT2D eigenvalue weighted by Crippen LogP contribution is 2.36. The van der Waals surface area contributed by atoms with Gasteiger partial charge in [-0.2, -0.15) is 0 Å². The Balaban J connectivity index is 1.74. The van der Waals surface area contributed by atoms with E-state index in [0.29, 0.717) is 12.1 Å². The van der Waals surface area contributed by atoms with Crippen LogP contribution in [0.1, 0.15) is 27.2 Å². The van der Waals surface area contributed by atoms with Gasteiger partial charge in [-0.15, -0.1) is 0 Å². The zero-order valence-corrected chi connectivity index (χ0v) is 14.4. The average molecular weight is 342 g/mol. The Morgan fingerprint density at radius 2 is 1.54 bits per heavy atom. The lowest BCUT2D eigenvalue weighted by Crippen LogP contribution is -2.18. The van der Waals surface area contributed by atoms with Crippen molar-refractivity contribution < 1.29 is 9.53 Å². The number of pyridine rings is 1. The molecule has 128 valence electrons. The van der Waals surface area contributed by atoms with Gasteiger partial charge in [-0.1, -0.05) is 48.6 Å². The molecule has 4 heteroatoms. The van der Waals surface area contributed by atoms with Crippen molar-refractivity contribution in [1.29, 1.82) is 0 Å². The van der Waals surface area contributed by atoms with Gasteiger partial charge in [0.1, 0.15) is 0 Å². The van der Waals surface area contributed by atoms with Crippen molar-refractivity contribution in [2.75, 3.05) is 12.0 Å². The van der Waals surface area contributed by atoms with E-state index in [-0.39, 0.29) is 5.97 Å². The van der Waals surface area contributed by atoms with Gasteiger partial charge in [-0.3, -0.25) is 4.98 Å². The van der Waals surface area contributed by atoms with Crippen molar-refractivity contribution in [3.8, 4) is 0 Å². The Morgan fingerprint density at radius 3 is 2.08 bits per heavy atom. The summed E-state index contributed by atoms with van der Waals surface area (Å²) in [5, 5.41) is 0. The highest BCUT2D eigenvalue weighted by Gasteiger charge is 2.18. The lowest BCUT2D eigenvalue weighted by molar-refractivity contribution is 0.0600. The minimum atomic E-state index is -0.376. The van der Waals surface area contributed by atoms with Gasteiger partial charge >= 0.3 is 5.97 Å². The molecule has 1 aromatic heterocycles. The lowest BCUT2D eigenvalue weighted by atomic mass is 10.1. The fourth-order valence-corrected chi connectivity index (χ4v) is 3.15. The first-order valence-electron chi connectivity index (χ1n) is 8.43. The summed E-state index contributed by atoms with van der Waals surface area (Å²) in [6.07, 6.45) is 5.85. The van der Waals surface area contributed by atoms with E-state index in [0.717, 1.165) is 28.2 Å². The van der Waals surface area contributed by atoms with Gasteiger partial charge in [0.15, 0.2) is 0 Å². The van der Waals surface area contributed by atoms with Crippen LogP contribution < -0.4 is 4.90 Å². The van der Waals surface area contributed by atoms with Crippen LogP contribution in [0.2, 0.25) is 0 Å². The Kier molecular flexibility index (Phi) is 4.23. The number of esters is 1. The normalized spacial score (nSPS) is 12.1. The smallest absolute Gasteiger partial charge is 0.339 e. The van der Waals surface area contributed by atoms with Crippen molar-refractivity contribution >= 4 is 29.5 Å². The Bertz CT molecular complexity index is 928. The van der Waals surface area contributed by atoms with Gasteiger partial charge in [-0.25, -0.2) is 4.79 Å². The zero-order valence-electron chi connectivity index (χ0n) is 14.4. The number of para-hydroxylation sites is 2. The van der Waals surface area contributed by atoms with Gasteiger partial charge in [0.2, 0.25) is 0 Å². The topological polar surface area (TPSA) is 42.4 Å². The van der Waals surface area contributed by atoms with E-state index in [2.05, 4.69) is 46.3 Å². The maximum Gasteiger partial charge on any atom is 0.339 e. The summed E-state index contributed by atoms with van der Waals surface area (Å²) in [6.45, 7) is 0.608. The van der Waals surface area contributed by atoms with Gasteiger partial charge < -0.3 is 9.64 Å². The molecule has 0 fully saturated rings. The predicted octanol–water partition coefficient (Wildman–Crippen LogP) is 4.69. The van der Waals surface area contributed by atoms with Crippen molar-refractivity contribution in [3.05, 3.63) is 89.2 Å². The first-order chi connectivity index (χ1) is 12.8. The zero-order chi connectivity index (χ0) is 17.9. The van der Waals surface area contributed by atoms with E-state index in [1.807, 2.05) is 30.3 Å². The van der Waals surface area contributed by atoms with Gasteiger partial charge in [0.05, 0.1) is 24.9 Å². The molecule has 4 rings (SSSR count). The number of methoxy groups -OCH3 is 1. The number of rotatable bonds is 3. The quantitative estimate of drug-likeness (QED) is 0.648. The van der Waals surface area contributed by atoms with Gasteiger partial charge in [0, 0.05) is 17.6 Å². The maximum absolute atomic E-state index is 11.6. The average Bonchev–Trinajstić information content (AvgIpc) is 2.86. The van der Waals surface area contributed by atoms with Crippen molar-refractivity contribution in [2.45, 2.75) is 6.54 Å². The second kappa shape index (κ2) is 6.84. The Morgan fingerprint density at radius 1 is 0.923 bits per heavy atom. The van der Waals surface area contributed by atoms with E-state index in [1.54, 1.807) is 12.3 Å². The highest BCUT2D eigenvalue weighted by molar-refractivity contribution is 5.89. The van der Waals surface area contributed by atoms with Crippen LogP contribution in [0.5, 0.6) is 0 Å². The summed E-state index contributed by atoms with van der Waals surface area (Å²) in [5.74, 6) is -0.376. The molecule has 0 N–H and O–H groups in total. The molecule has 1 aliphatic rings. The maximum atomic E-state index is 11.6. The number of anilines is 2. The van der Waals surface area contributed by atoms with Crippen LogP contribution in [0.15, 0.2) is 66.9 Å². The summed E-state index contributed by atoms with van der Waals surface area (Å²) in [6, 6.07) is 20.2. The fraction of sp³-hybridized carbons (Fsp3) is 0.0909. The molecule has 0 bridgehead atoms. The number of benzene rings is 2. The van der Waals surface area contributed by atoms with E-state index in [9.17, 15) is 4.79 Å². The minimum absolute atomic E-state index is 0.376. The van der Waals surface area contributed by atoms with Crippen LogP contribution >= 0.6 is 0 Å². The third-order valence-corrected chi connectivity index (χ3v) is 4.46. The summed E-state index contributed by atoms with van der Waals surface area (Å²) in [4.78, 5) is 18.3. The molecule has 0 spiro atoms. The number of ether oxygens (including phenoxy) is 1. The van der Waals surface area contributed by atoms with Crippen LogP contribution in [-0.2, 0) is 11.3 Å². The predicted molar refractivity (Wildman–Crippen MR) is 103 cm³/mol. The van der Waals surface area contributed by atoms with Gasteiger partial charge in [-0.05, 0) is 35.4 Å². The number of aromatic nitrogens is 1. The lowest BCUT2D eigenvalue weighted by Gasteiger charge is -2.26. The first-order valence-corrected chi connectivity index (χ1v) is 8.43. The number of nitrogens with zero attached hydrogens (tertiary/aromatic N) is 2. The van der Waals surface area contributed by atoms with E-state index in [1.165, 1.54) is 7.11 Å². The molecule has 1 aliphatic heterocycles. The van der Waals surface area contributed by atoms with Crippen LogP contribution in [0.4, 0.5) is 11.4 Å². The Hall–Kier alpha value is -3.40. The molecule has 0 saturated heterocycles. The molecule has 2 aromatic carbocycles. The van der Waals surface area contributed by atoms with E-state index < -0.39 is 0 Å². The molecular weight excluding hydrogens is 324 g/mol. The second-order valence-corrected chi connectivity index (χ2v) is 6.07. The van der Waals surface area contributed by atoms with Crippen LogP contribution in [0.3, 0.4) is 0 Å². The third kappa shape index (κ3) is 2.97. The standard InChI is InChI=1S/C22H18N2O2/c1-26-22(25)18-12-13-19(23-14-18)15-24-20-8-4-2-6-16(20)10-11-17-7-3-5-9-21(17)24/h2-14H,15H2,1H3. The monoisotopic (exact) mass is 342 g/mol. The van der Waals surface area contributed by atoms with Crippen LogP contribution in [-0.4, -0.2) is 18.1 Å². The summed E-state index contributed by atoms with van der Waals surface area (Å²) < 4.78 is 4.74. The third-order valence-electron chi connectivity index (χ3n) is 4.46. The molecule has 0 radical (unpaired) electrons. The van der Waals surface area contributed by atoms with Crippen molar-refractivity contribution in [2.24, 2.45) is 0 Å². The number of fused-ring (bicyclic) bond motifs is 2. The molecular formula is C22H18N2O2. The van der Waals surface area contributed by atoms with E-state index in [4.69, 9.17) is 4.74 Å². The SMILES string of the molecule is COC(=O)c1ccc(CN2c3ccccc3C=Cc3ccccc32)nc1. The number of carbonyl (C=O) groups excluding carboxylic acids is 1. The summed E-state index contributed by atoms with van der Waals surface area (Å²) >= 11 is 0. The molecule has 0 amide bonds. The largest absolute Gasteiger partial charge is 0.465 e. The van der Waals surface area contributed by atoms with Crippen molar-refractivity contribution in [1.82, 2.24) is 4.98 Å². The number of carbonyl (C=O) groups is 1. The second-order valence-electron chi connectivity index (χ2n) is 6.07. The molecule has 4 nitrogen and oxygen atoms in total. The first kappa shape index (κ1) is 16.1. The molecule has 2 heterocycles. The van der Waals surface area contributed by atoms with Crippen molar-refractivity contribution in [3.63, 3.8) is 0 Å². The Labute approximate surface area is 152 Å². The van der Waals surface area contributed by atoms with Crippen LogP contribution in [0.25, 0.3) is 12.2 Å². The molecule has 3 aromatic rings. The number of hydrogen-bond acceptors (Lipinski definition) is 4. The minimum Gasteiger partial charge on any atom is -0.465 e. The summed E-state index contributed by atoms with van der Waals surface area (Å²) in [5.41, 5.74) is 5.92. The molecule has 26 heavy (non-hydrogen) atoms. The van der Waals surface area contributed by atoms with Crippen LogP contribution in [0, 0.1) is 0 Å². The van der Waals surface area contributed by atoms with E-state index >= 15 is 0 Å².